The predicted octanol–water partition coefficient (Wildman–Crippen LogP) is 3.37. The number of benzene rings is 3. The molecule has 0 radical (unpaired) electrons. The molecule has 0 spiro atoms. The first-order valence-corrected chi connectivity index (χ1v) is 11.8. The predicted molar refractivity (Wildman–Crippen MR) is 135 cm³/mol. The largest absolute Gasteiger partial charge is 0.362 e. The Morgan fingerprint density at radius 2 is 1.40 bits per heavy atom. The summed E-state index contributed by atoms with van der Waals surface area (Å²) in [6, 6.07) is 16.9. The monoisotopic (exact) mass is 465 g/mol. The summed E-state index contributed by atoms with van der Waals surface area (Å²) in [5.41, 5.74) is 12.0. The van der Waals surface area contributed by atoms with Gasteiger partial charge in [-0.05, 0) is 25.0 Å². The number of nitrogens with zero attached hydrogens (tertiary/aromatic N) is 2. The van der Waals surface area contributed by atoms with Crippen molar-refractivity contribution < 1.29 is 14.4 Å². The minimum atomic E-state index is -0.305. The lowest BCUT2D eigenvalue weighted by molar-refractivity contribution is -0.109. The molecular formula is C27H23N5O3. The molecule has 0 saturated heterocycles. The molecule has 1 fully saturated rings. The van der Waals surface area contributed by atoms with Crippen molar-refractivity contribution in [3.05, 3.63) is 59.7 Å². The van der Waals surface area contributed by atoms with Crippen LogP contribution in [0, 0.1) is 0 Å². The second-order valence-corrected chi connectivity index (χ2v) is 9.52. The van der Waals surface area contributed by atoms with Crippen molar-refractivity contribution in [2.24, 2.45) is 5.73 Å². The first-order valence-electron chi connectivity index (χ1n) is 11.8. The summed E-state index contributed by atoms with van der Waals surface area (Å²) in [6.07, 6.45) is 2.47. The molecule has 4 heterocycles. The van der Waals surface area contributed by atoms with Gasteiger partial charge in [0.2, 0.25) is 6.41 Å². The van der Waals surface area contributed by atoms with Crippen LogP contribution in [0.5, 0.6) is 0 Å². The normalized spacial score (nSPS) is 21.9. The maximum Gasteiger partial charge on any atom is 0.259 e. The van der Waals surface area contributed by atoms with Crippen LogP contribution in [0.25, 0.3) is 43.6 Å². The van der Waals surface area contributed by atoms with E-state index in [9.17, 15) is 9.59 Å². The van der Waals surface area contributed by atoms with Crippen LogP contribution in [0.1, 0.15) is 45.6 Å². The van der Waals surface area contributed by atoms with Crippen molar-refractivity contribution >= 4 is 61.8 Å². The van der Waals surface area contributed by atoms with Crippen LogP contribution in [0.4, 0.5) is 0 Å². The number of carbonyl (C=O) groups is 3. The highest BCUT2D eigenvalue weighted by atomic mass is 16.2. The molecule has 3 aliphatic rings. The minimum Gasteiger partial charge on any atom is -0.362 e. The van der Waals surface area contributed by atoms with Gasteiger partial charge in [0.25, 0.3) is 11.8 Å². The Balaban J connectivity index is 0.000000492. The molecule has 3 unspecified atom stereocenters. The summed E-state index contributed by atoms with van der Waals surface area (Å²) in [5.74, 6) is -0.604. The van der Waals surface area contributed by atoms with Crippen LogP contribution in [-0.2, 0) is 4.79 Å². The van der Waals surface area contributed by atoms with E-state index in [2.05, 4.69) is 44.0 Å². The topological polar surface area (TPSA) is 111 Å². The van der Waals surface area contributed by atoms with Gasteiger partial charge in [-0.15, -0.1) is 0 Å². The van der Waals surface area contributed by atoms with Gasteiger partial charge in [0, 0.05) is 51.7 Å². The number of hydrogen-bond donors (Lipinski definition) is 3. The molecule has 5 aromatic rings. The van der Waals surface area contributed by atoms with Crippen molar-refractivity contribution in [2.45, 2.75) is 31.0 Å². The Morgan fingerprint density at radius 3 is 1.97 bits per heavy atom. The smallest absolute Gasteiger partial charge is 0.259 e. The lowest BCUT2D eigenvalue weighted by atomic mass is 9.96. The zero-order valence-corrected chi connectivity index (χ0v) is 19.0. The van der Waals surface area contributed by atoms with E-state index in [1.807, 2.05) is 24.3 Å². The maximum atomic E-state index is 13.1. The lowest BCUT2D eigenvalue weighted by Gasteiger charge is -2.21. The second-order valence-electron chi connectivity index (χ2n) is 9.52. The van der Waals surface area contributed by atoms with E-state index in [0.29, 0.717) is 17.5 Å². The van der Waals surface area contributed by atoms with Crippen LogP contribution >= 0.6 is 0 Å². The molecule has 8 nitrogen and oxygen atoms in total. The van der Waals surface area contributed by atoms with Crippen molar-refractivity contribution in [1.82, 2.24) is 19.8 Å². The Labute approximate surface area is 199 Å². The summed E-state index contributed by atoms with van der Waals surface area (Å²) < 4.78 is 4.78. The van der Waals surface area contributed by atoms with Crippen LogP contribution in [-0.4, -0.2) is 40.4 Å². The SMILES string of the molecule is CNC=O.NC1CC2CC1n1c3ccccc3c3c4c(c5c6ccccc6n2c5c31)C(=O)NC4=O. The zero-order chi connectivity index (χ0) is 24.0. The fourth-order valence-corrected chi connectivity index (χ4v) is 6.68. The van der Waals surface area contributed by atoms with Gasteiger partial charge >= 0.3 is 0 Å². The Kier molecular flexibility index (Phi) is 4.00. The molecule has 2 bridgehead atoms. The van der Waals surface area contributed by atoms with Crippen LogP contribution in [0.3, 0.4) is 0 Å². The number of nitrogens with one attached hydrogen (secondary N) is 2. The highest BCUT2D eigenvalue weighted by molar-refractivity contribution is 6.39. The van der Waals surface area contributed by atoms with E-state index in [1.54, 1.807) is 7.05 Å². The van der Waals surface area contributed by atoms with Crippen molar-refractivity contribution in [1.29, 1.82) is 0 Å². The number of aromatic nitrogens is 2. The van der Waals surface area contributed by atoms with E-state index in [4.69, 9.17) is 10.5 Å². The minimum absolute atomic E-state index is 0.0390. The number of amides is 3. The van der Waals surface area contributed by atoms with Crippen molar-refractivity contribution in [3.8, 4) is 0 Å². The fourth-order valence-electron chi connectivity index (χ4n) is 6.68. The quantitative estimate of drug-likeness (QED) is 0.260. The standard InChI is InChI=1S/C25H18N4O2.C2H5NO/c26-14-9-11-10-17(14)29-16-8-4-2-6-13(16)19-21-20(24(30)27-25(21)31)18-12-5-1-3-7-15(12)28(11)22(18)23(19)29;1-3-2-4/h1-8,11,14,17H,9-10,26H2,(H,27,30,31);2H,1H3,(H,3,4). The molecule has 8 rings (SSSR count). The van der Waals surface area contributed by atoms with E-state index < -0.39 is 0 Å². The molecule has 3 aromatic carbocycles. The fraction of sp³-hybridized carbons (Fsp3) is 0.222. The molecule has 3 amide bonds. The summed E-state index contributed by atoms with van der Waals surface area (Å²) in [6.45, 7) is 0. The molecule has 2 aliphatic heterocycles. The van der Waals surface area contributed by atoms with E-state index in [1.165, 1.54) is 0 Å². The molecule has 1 saturated carbocycles. The lowest BCUT2D eigenvalue weighted by Crippen LogP contribution is -2.27. The third-order valence-corrected chi connectivity index (χ3v) is 7.84. The summed E-state index contributed by atoms with van der Waals surface area (Å²) in [4.78, 5) is 35.2. The van der Waals surface area contributed by atoms with Gasteiger partial charge in [0.15, 0.2) is 0 Å². The third-order valence-electron chi connectivity index (χ3n) is 7.84. The third kappa shape index (κ3) is 2.37. The number of hydrogen-bond acceptors (Lipinski definition) is 4. The molecule has 4 N–H and O–H groups in total. The van der Waals surface area contributed by atoms with Gasteiger partial charge in [-0.1, -0.05) is 36.4 Å². The van der Waals surface area contributed by atoms with Gasteiger partial charge in [-0.2, -0.15) is 0 Å². The molecular weight excluding hydrogens is 442 g/mol. The number of nitrogens with two attached hydrogens (primary N) is 1. The number of imide groups is 1. The van der Waals surface area contributed by atoms with Gasteiger partial charge in [-0.25, -0.2) is 0 Å². The Bertz CT molecular complexity index is 1760. The molecule has 8 heteroatoms. The molecule has 2 aromatic heterocycles. The van der Waals surface area contributed by atoms with E-state index >= 15 is 0 Å². The van der Waals surface area contributed by atoms with Gasteiger partial charge in [-0.3, -0.25) is 19.7 Å². The molecule has 1 aliphatic carbocycles. The average molecular weight is 466 g/mol. The summed E-state index contributed by atoms with van der Waals surface area (Å²) in [5, 5.41) is 8.63. The molecule has 3 atom stereocenters. The van der Waals surface area contributed by atoms with E-state index in [-0.39, 0.29) is 29.9 Å². The Hall–Kier alpha value is -4.17. The number of carbonyl (C=O) groups excluding carboxylic acids is 3. The van der Waals surface area contributed by atoms with Gasteiger partial charge < -0.3 is 20.2 Å². The highest BCUT2D eigenvalue weighted by Crippen LogP contribution is 2.53. The second kappa shape index (κ2) is 6.93. The number of fused-ring (bicyclic) bond motifs is 13. The first-order chi connectivity index (χ1) is 17.1. The van der Waals surface area contributed by atoms with E-state index in [0.717, 1.165) is 56.5 Å². The summed E-state index contributed by atoms with van der Waals surface area (Å²) in [7, 11) is 1.56. The average Bonchev–Trinajstić information content (AvgIpc) is 3.55. The molecule has 174 valence electrons. The zero-order valence-electron chi connectivity index (χ0n) is 19.0. The van der Waals surface area contributed by atoms with Gasteiger partial charge in [0.05, 0.1) is 28.2 Å². The van der Waals surface area contributed by atoms with Crippen molar-refractivity contribution in [2.75, 3.05) is 7.05 Å². The highest BCUT2D eigenvalue weighted by Gasteiger charge is 2.43. The van der Waals surface area contributed by atoms with Crippen molar-refractivity contribution in [3.63, 3.8) is 0 Å². The summed E-state index contributed by atoms with van der Waals surface area (Å²) >= 11 is 0. The number of para-hydroxylation sites is 2. The first kappa shape index (κ1) is 20.2. The maximum absolute atomic E-state index is 13.1. The van der Waals surface area contributed by atoms with Crippen LogP contribution in [0.15, 0.2) is 48.5 Å². The Morgan fingerprint density at radius 1 is 0.886 bits per heavy atom. The van der Waals surface area contributed by atoms with Gasteiger partial charge in [0.1, 0.15) is 0 Å². The number of rotatable bonds is 1. The molecule has 35 heavy (non-hydrogen) atoms. The van der Waals surface area contributed by atoms with Crippen LogP contribution in [0.2, 0.25) is 0 Å². The van der Waals surface area contributed by atoms with Crippen LogP contribution < -0.4 is 16.4 Å².